The van der Waals surface area contributed by atoms with E-state index < -0.39 is 0 Å². The van der Waals surface area contributed by atoms with Gasteiger partial charge in [-0.15, -0.1) is 0 Å². The monoisotopic (exact) mass is 374 g/mol. The van der Waals surface area contributed by atoms with Crippen molar-refractivity contribution >= 4 is 17.2 Å². The quantitative estimate of drug-likeness (QED) is 0.565. The summed E-state index contributed by atoms with van der Waals surface area (Å²) in [6, 6.07) is 13.8. The van der Waals surface area contributed by atoms with Crippen LogP contribution in [0, 0.1) is 26.6 Å². The lowest BCUT2D eigenvalue weighted by Crippen LogP contribution is -2.16. The standard InChI is InChI=1S/C22H19FN4O/c1-13-5-4-6-16(11-13)20-14(2)26-27-15(3)19(12-24-21(20)27)22(28)25-18-9-7-17(23)8-10-18/h4-12H,1-3H3,(H,25,28). The van der Waals surface area contributed by atoms with Crippen molar-refractivity contribution in [3.8, 4) is 11.1 Å². The fourth-order valence-corrected chi connectivity index (χ4v) is 3.29. The van der Waals surface area contributed by atoms with Gasteiger partial charge in [0.1, 0.15) is 5.82 Å². The van der Waals surface area contributed by atoms with E-state index in [0.717, 1.165) is 22.4 Å². The molecule has 4 aromatic rings. The number of fused-ring (bicyclic) bond motifs is 1. The Bertz CT molecular complexity index is 1200. The van der Waals surface area contributed by atoms with Crippen molar-refractivity contribution < 1.29 is 9.18 Å². The van der Waals surface area contributed by atoms with E-state index in [0.29, 0.717) is 22.6 Å². The number of hydrogen-bond acceptors (Lipinski definition) is 3. The molecule has 5 nitrogen and oxygen atoms in total. The van der Waals surface area contributed by atoms with E-state index in [4.69, 9.17) is 0 Å². The number of anilines is 1. The first kappa shape index (κ1) is 17.9. The maximum atomic E-state index is 13.1. The molecule has 28 heavy (non-hydrogen) atoms. The zero-order valence-corrected chi connectivity index (χ0v) is 15.8. The summed E-state index contributed by atoms with van der Waals surface area (Å²) in [7, 11) is 0. The van der Waals surface area contributed by atoms with Gasteiger partial charge in [0.25, 0.3) is 5.91 Å². The second-order valence-corrected chi connectivity index (χ2v) is 6.78. The molecule has 0 unspecified atom stereocenters. The van der Waals surface area contributed by atoms with Crippen LogP contribution >= 0.6 is 0 Å². The topological polar surface area (TPSA) is 59.3 Å². The van der Waals surface area contributed by atoms with Crippen LogP contribution in [-0.4, -0.2) is 20.5 Å². The van der Waals surface area contributed by atoms with Crippen molar-refractivity contribution in [1.29, 1.82) is 0 Å². The molecule has 2 aromatic carbocycles. The molecule has 0 atom stereocenters. The Morgan fingerprint density at radius 2 is 1.82 bits per heavy atom. The summed E-state index contributed by atoms with van der Waals surface area (Å²) < 4.78 is 14.8. The van der Waals surface area contributed by atoms with E-state index in [1.54, 1.807) is 10.7 Å². The van der Waals surface area contributed by atoms with E-state index in [1.165, 1.54) is 24.3 Å². The molecule has 140 valence electrons. The van der Waals surface area contributed by atoms with Crippen molar-refractivity contribution in [1.82, 2.24) is 14.6 Å². The highest BCUT2D eigenvalue weighted by molar-refractivity contribution is 6.05. The van der Waals surface area contributed by atoms with Crippen LogP contribution in [0.15, 0.2) is 54.7 Å². The minimum absolute atomic E-state index is 0.316. The number of hydrogen-bond donors (Lipinski definition) is 1. The summed E-state index contributed by atoms with van der Waals surface area (Å²) in [6.45, 7) is 5.81. The summed E-state index contributed by atoms with van der Waals surface area (Å²) in [5.41, 5.74) is 6.32. The zero-order valence-electron chi connectivity index (χ0n) is 15.8. The van der Waals surface area contributed by atoms with Gasteiger partial charge in [-0.25, -0.2) is 13.9 Å². The molecule has 2 heterocycles. The van der Waals surface area contributed by atoms with E-state index in [2.05, 4.69) is 21.5 Å². The van der Waals surface area contributed by atoms with Crippen molar-refractivity contribution in [2.45, 2.75) is 20.8 Å². The summed E-state index contributed by atoms with van der Waals surface area (Å²) in [5, 5.41) is 7.37. The number of halogens is 1. The van der Waals surface area contributed by atoms with Gasteiger partial charge in [-0.2, -0.15) is 5.10 Å². The van der Waals surface area contributed by atoms with Crippen LogP contribution in [0.2, 0.25) is 0 Å². The van der Waals surface area contributed by atoms with Gasteiger partial charge >= 0.3 is 0 Å². The molecule has 0 aliphatic carbocycles. The van der Waals surface area contributed by atoms with Crippen LogP contribution in [0.1, 0.15) is 27.3 Å². The minimum atomic E-state index is -0.354. The second kappa shape index (κ2) is 6.88. The Labute approximate surface area is 161 Å². The summed E-state index contributed by atoms with van der Waals surface area (Å²) >= 11 is 0. The third kappa shape index (κ3) is 3.13. The third-order valence-electron chi connectivity index (χ3n) is 4.71. The molecular weight excluding hydrogens is 355 g/mol. The van der Waals surface area contributed by atoms with Gasteiger partial charge < -0.3 is 5.32 Å². The van der Waals surface area contributed by atoms with Gasteiger partial charge in [0.2, 0.25) is 0 Å². The van der Waals surface area contributed by atoms with Gasteiger partial charge in [0.05, 0.1) is 17.0 Å². The lowest BCUT2D eigenvalue weighted by atomic mass is 10.0. The normalized spacial score (nSPS) is 11.0. The number of carbonyl (C=O) groups is 1. The van der Waals surface area contributed by atoms with Gasteiger partial charge in [-0.3, -0.25) is 4.79 Å². The summed E-state index contributed by atoms with van der Waals surface area (Å²) in [6.07, 6.45) is 1.56. The minimum Gasteiger partial charge on any atom is -0.322 e. The second-order valence-electron chi connectivity index (χ2n) is 6.78. The Balaban J connectivity index is 1.75. The lowest BCUT2D eigenvalue weighted by molar-refractivity contribution is 0.102. The molecule has 0 saturated carbocycles. The van der Waals surface area contributed by atoms with Gasteiger partial charge in [0.15, 0.2) is 5.65 Å². The highest BCUT2D eigenvalue weighted by Crippen LogP contribution is 2.29. The number of nitrogens with zero attached hydrogens (tertiary/aromatic N) is 3. The van der Waals surface area contributed by atoms with Gasteiger partial charge in [0, 0.05) is 17.4 Å². The predicted molar refractivity (Wildman–Crippen MR) is 107 cm³/mol. The largest absolute Gasteiger partial charge is 0.322 e. The number of carbonyl (C=O) groups excluding carboxylic acids is 1. The van der Waals surface area contributed by atoms with Crippen molar-refractivity contribution in [2.24, 2.45) is 0 Å². The van der Waals surface area contributed by atoms with Crippen LogP contribution in [0.25, 0.3) is 16.8 Å². The van der Waals surface area contributed by atoms with Crippen molar-refractivity contribution in [3.05, 3.63) is 83.1 Å². The SMILES string of the molecule is Cc1cccc(-c2c(C)nn3c(C)c(C(=O)Nc4ccc(F)cc4)cnc23)c1. The smallest absolute Gasteiger partial charge is 0.259 e. The molecule has 4 rings (SSSR count). The Hall–Kier alpha value is -3.54. The highest BCUT2D eigenvalue weighted by Gasteiger charge is 2.19. The average molecular weight is 374 g/mol. The fraction of sp³-hybridized carbons (Fsp3) is 0.136. The third-order valence-corrected chi connectivity index (χ3v) is 4.71. The molecular formula is C22H19FN4O. The number of benzene rings is 2. The lowest BCUT2D eigenvalue weighted by Gasteiger charge is -2.09. The van der Waals surface area contributed by atoms with E-state index in [1.807, 2.05) is 39.0 Å². The molecule has 0 bridgehead atoms. The Morgan fingerprint density at radius 1 is 1.07 bits per heavy atom. The zero-order chi connectivity index (χ0) is 19.8. The first-order valence-corrected chi connectivity index (χ1v) is 8.93. The van der Waals surface area contributed by atoms with Crippen molar-refractivity contribution in [3.63, 3.8) is 0 Å². The van der Waals surface area contributed by atoms with Crippen LogP contribution in [0.4, 0.5) is 10.1 Å². The van der Waals surface area contributed by atoms with Gasteiger partial charge in [-0.1, -0.05) is 29.8 Å². The number of amides is 1. The van der Waals surface area contributed by atoms with Crippen LogP contribution < -0.4 is 5.32 Å². The molecule has 1 amide bonds. The Kier molecular flexibility index (Phi) is 4.39. The summed E-state index contributed by atoms with van der Waals surface area (Å²) in [4.78, 5) is 17.2. The molecule has 2 aromatic heterocycles. The molecule has 1 N–H and O–H groups in total. The number of aryl methyl sites for hydroxylation is 3. The van der Waals surface area contributed by atoms with E-state index in [-0.39, 0.29) is 11.7 Å². The van der Waals surface area contributed by atoms with E-state index >= 15 is 0 Å². The molecule has 0 saturated heterocycles. The Morgan fingerprint density at radius 3 is 2.54 bits per heavy atom. The number of nitrogens with one attached hydrogen (secondary N) is 1. The maximum absolute atomic E-state index is 13.1. The highest BCUT2D eigenvalue weighted by atomic mass is 19.1. The maximum Gasteiger partial charge on any atom is 0.259 e. The number of aromatic nitrogens is 3. The van der Waals surface area contributed by atoms with Crippen molar-refractivity contribution in [2.75, 3.05) is 5.32 Å². The molecule has 0 spiro atoms. The molecule has 6 heteroatoms. The van der Waals surface area contributed by atoms with Gasteiger partial charge in [-0.05, 0) is 50.6 Å². The predicted octanol–water partition coefficient (Wildman–Crippen LogP) is 4.71. The van der Waals surface area contributed by atoms with Crippen LogP contribution in [0.5, 0.6) is 0 Å². The number of rotatable bonds is 3. The fourth-order valence-electron chi connectivity index (χ4n) is 3.29. The van der Waals surface area contributed by atoms with Crippen LogP contribution in [-0.2, 0) is 0 Å². The molecule has 0 aliphatic rings. The summed E-state index contributed by atoms with van der Waals surface area (Å²) in [5.74, 6) is -0.670. The van der Waals surface area contributed by atoms with E-state index in [9.17, 15) is 9.18 Å². The first-order valence-electron chi connectivity index (χ1n) is 8.93. The molecule has 0 radical (unpaired) electrons. The molecule has 0 fully saturated rings. The molecule has 0 aliphatic heterocycles. The van der Waals surface area contributed by atoms with Crippen LogP contribution in [0.3, 0.4) is 0 Å². The average Bonchev–Trinajstić information content (AvgIpc) is 3.01. The first-order chi connectivity index (χ1) is 13.4.